The molecular weight excluding hydrogens is 554 g/mol. The van der Waals surface area contributed by atoms with Crippen molar-refractivity contribution in [3.63, 3.8) is 0 Å². The molecule has 0 amide bonds. The van der Waals surface area contributed by atoms with Crippen molar-refractivity contribution in [3.05, 3.63) is 47.5 Å². The molecule has 0 spiro atoms. The first-order valence-corrected chi connectivity index (χ1v) is 14.0. The predicted octanol–water partition coefficient (Wildman–Crippen LogP) is -0.363. The number of aromatic hydroxyl groups is 4. The monoisotopic (exact) mass is 582 g/mol. The second-order valence-electron chi connectivity index (χ2n) is 7.89. The zero-order valence-corrected chi connectivity index (χ0v) is 21.2. The Bertz CT molecular complexity index is 1120. The van der Waals surface area contributed by atoms with Gasteiger partial charge in [-0.25, -0.2) is 0 Å². The fourth-order valence-corrected chi connectivity index (χ4v) is 3.73. The topological polar surface area (TPSA) is 295 Å². The molecule has 12 N–H and O–H groups in total. The molecule has 0 aliphatic rings. The number of benzene rings is 2. The summed E-state index contributed by atoms with van der Waals surface area (Å²) >= 11 is 0. The van der Waals surface area contributed by atoms with Gasteiger partial charge in [0.25, 0.3) is 0 Å². The molecule has 0 fully saturated rings. The standard InChI is InChI=1S/2C10H14NO7P/c2*12-8-2-1-6(4-9(8)13)3-7(10(14)15)11-5-19(16,17)18/h2*1-2,4,7,11-13H,3,5H2,(H,14,15)(H2,16,17,18)/t2*7-/m00/s1. The molecule has 38 heavy (non-hydrogen) atoms. The van der Waals surface area contributed by atoms with E-state index in [0.29, 0.717) is 11.1 Å². The van der Waals surface area contributed by atoms with Gasteiger partial charge in [0.15, 0.2) is 23.0 Å². The molecule has 0 aliphatic carbocycles. The van der Waals surface area contributed by atoms with Crippen molar-refractivity contribution >= 4 is 27.1 Å². The van der Waals surface area contributed by atoms with Gasteiger partial charge in [-0.05, 0) is 48.2 Å². The van der Waals surface area contributed by atoms with Crippen LogP contribution in [0, 0.1) is 0 Å². The summed E-state index contributed by atoms with van der Waals surface area (Å²) in [4.78, 5) is 56.6. The Labute approximate surface area is 215 Å². The van der Waals surface area contributed by atoms with E-state index in [9.17, 15) is 28.9 Å². The molecule has 0 aliphatic heterocycles. The lowest BCUT2D eigenvalue weighted by molar-refractivity contribution is -0.140. The van der Waals surface area contributed by atoms with Crippen LogP contribution in [-0.2, 0) is 31.6 Å². The van der Waals surface area contributed by atoms with E-state index in [1.54, 1.807) is 0 Å². The average Bonchev–Trinajstić information content (AvgIpc) is 2.77. The number of carbonyl (C=O) groups is 2. The quantitative estimate of drug-likeness (QED) is 0.112. The minimum absolute atomic E-state index is 0.0941. The minimum atomic E-state index is -4.35. The van der Waals surface area contributed by atoms with Crippen molar-refractivity contribution in [1.82, 2.24) is 10.6 Å². The lowest BCUT2D eigenvalue weighted by Gasteiger charge is -2.15. The normalized spacial score (nSPS) is 13.2. The van der Waals surface area contributed by atoms with Crippen LogP contribution in [0.4, 0.5) is 0 Å². The molecule has 0 unspecified atom stereocenters. The second kappa shape index (κ2) is 14.1. The minimum Gasteiger partial charge on any atom is -0.504 e. The van der Waals surface area contributed by atoms with E-state index in [2.05, 4.69) is 10.6 Å². The highest BCUT2D eigenvalue weighted by Gasteiger charge is 2.23. The average molecular weight is 582 g/mol. The van der Waals surface area contributed by atoms with Crippen molar-refractivity contribution in [1.29, 1.82) is 0 Å². The molecule has 0 heterocycles. The highest BCUT2D eigenvalue weighted by atomic mass is 31.2. The van der Waals surface area contributed by atoms with Gasteiger partial charge in [-0.1, -0.05) is 12.1 Å². The maximum Gasteiger partial charge on any atom is 0.339 e. The molecule has 2 atom stereocenters. The van der Waals surface area contributed by atoms with E-state index in [-0.39, 0.29) is 24.3 Å². The molecule has 16 nitrogen and oxygen atoms in total. The molecule has 0 aromatic heterocycles. The van der Waals surface area contributed by atoms with Crippen molar-refractivity contribution in [3.8, 4) is 23.0 Å². The molecule has 2 aromatic carbocycles. The van der Waals surface area contributed by atoms with Gasteiger partial charge in [0.05, 0.1) is 12.6 Å². The Morgan fingerprint density at radius 1 is 0.632 bits per heavy atom. The Hall–Kier alpha value is -3.20. The SMILES string of the molecule is O=C(O)[C@H](Cc1ccc(O)c(O)c1)NCP(=O)(O)O.O=C(O)[C@H](Cc1ccc(O)c(O)c1)NCP(=O)(O)O. The van der Waals surface area contributed by atoms with Gasteiger partial charge in [0.1, 0.15) is 12.1 Å². The number of hydrogen-bond donors (Lipinski definition) is 12. The maximum atomic E-state index is 10.9. The molecule has 0 bridgehead atoms. The maximum absolute atomic E-state index is 10.9. The van der Waals surface area contributed by atoms with E-state index in [4.69, 9.17) is 40.0 Å². The molecular formula is C20H28N2O14P2. The van der Waals surface area contributed by atoms with Crippen LogP contribution in [-0.4, -0.2) is 86.8 Å². The van der Waals surface area contributed by atoms with Gasteiger partial charge in [-0.15, -0.1) is 0 Å². The fraction of sp³-hybridized carbons (Fsp3) is 0.300. The highest BCUT2D eigenvalue weighted by molar-refractivity contribution is 7.51. The summed E-state index contributed by atoms with van der Waals surface area (Å²) < 4.78 is 21.4. The van der Waals surface area contributed by atoms with Crippen LogP contribution in [0.25, 0.3) is 0 Å². The van der Waals surface area contributed by atoms with Crippen LogP contribution in [0.3, 0.4) is 0 Å². The molecule has 2 aromatic rings. The third kappa shape index (κ3) is 12.9. The molecule has 212 valence electrons. The van der Waals surface area contributed by atoms with Gasteiger partial charge in [-0.3, -0.25) is 29.4 Å². The van der Waals surface area contributed by atoms with Crippen LogP contribution in [0.2, 0.25) is 0 Å². The first-order chi connectivity index (χ1) is 17.4. The highest BCUT2D eigenvalue weighted by Crippen LogP contribution is 2.33. The van der Waals surface area contributed by atoms with Crippen LogP contribution < -0.4 is 10.6 Å². The van der Waals surface area contributed by atoms with Crippen LogP contribution in [0.5, 0.6) is 23.0 Å². The van der Waals surface area contributed by atoms with Gasteiger partial charge >= 0.3 is 27.1 Å². The Morgan fingerprint density at radius 3 is 1.18 bits per heavy atom. The van der Waals surface area contributed by atoms with Crippen molar-refractivity contribution < 1.29 is 68.9 Å². The molecule has 2 rings (SSSR count). The summed E-state index contributed by atoms with van der Waals surface area (Å²) in [7, 11) is -8.69. The summed E-state index contributed by atoms with van der Waals surface area (Å²) in [6, 6.07) is 5.16. The van der Waals surface area contributed by atoms with Gasteiger partial charge in [-0.2, -0.15) is 0 Å². The third-order valence-corrected chi connectivity index (χ3v) is 5.83. The number of nitrogens with one attached hydrogen (secondary N) is 2. The van der Waals surface area contributed by atoms with Crippen LogP contribution >= 0.6 is 15.2 Å². The van der Waals surface area contributed by atoms with Crippen molar-refractivity contribution in [2.45, 2.75) is 24.9 Å². The lowest BCUT2D eigenvalue weighted by atomic mass is 10.1. The van der Waals surface area contributed by atoms with E-state index >= 15 is 0 Å². The molecule has 18 heteroatoms. The number of carboxylic acid groups (broad SMARTS) is 2. The van der Waals surface area contributed by atoms with Crippen molar-refractivity contribution in [2.24, 2.45) is 0 Å². The Kier molecular flexibility index (Phi) is 12.2. The number of phenolic OH excluding ortho intramolecular Hbond substituents is 4. The number of rotatable bonds is 12. The third-order valence-electron chi connectivity index (χ3n) is 4.64. The predicted molar refractivity (Wildman–Crippen MR) is 130 cm³/mol. The first kappa shape index (κ1) is 32.8. The second-order valence-corrected chi connectivity index (χ2v) is 11.2. The Morgan fingerprint density at radius 2 is 0.947 bits per heavy atom. The van der Waals surface area contributed by atoms with E-state index in [0.717, 1.165) is 0 Å². The molecule has 0 saturated heterocycles. The van der Waals surface area contributed by atoms with E-state index in [1.807, 2.05) is 0 Å². The smallest absolute Gasteiger partial charge is 0.339 e. The van der Waals surface area contributed by atoms with E-state index in [1.165, 1.54) is 36.4 Å². The van der Waals surface area contributed by atoms with Gasteiger partial charge in [0.2, 0.25) is 0 Å². The summed E-state index contributed by atoms with van der Waals surface area (Å²) in [6.45, 7) is 0. The molecule has 0 saturated carbocycles. The van der Waals surface area contributed by atoms with Crippen molar-refractivity contribution in [2.75, 3.05) is 12.6 Å². The first-order valence-electron chi connectivity index (χ1n) is 10.4. The largest absolute Gasteiger partial charge is 0.504 e. The lowest BCUT2D eigenvalue weighted by Crippen LogP contribution is -2.39. The summed E-state index contributed by atoms with van der Waals surface area (Å²) in [5, 5.41) is 59.1. The zero-order chi connectivity index (χ0) is 29.3. The fourth-order valence-electron chi connectivity index (χ4n) is 2.82. The van der Waals surface area contributed by atoms with Crippen LogP contribution in [0.15, 0.2) is 36.4 Å². The number of aliphatic carboxylic acids is 2. The van der Waals surface area contributed by atoms with Crippen LogP contribution in [0.1, 0.15) is 11.1 Å². The molecule has 0 radical (unpaired) electrons. The summed E-state index contributed by atoms with van der Waals surface area (Å²) in [5.74, 6) is -4.01. The zero-order valence-electron chi connectivity index (χ0n) is 19.4. The number of phenols is 4. The van der Waals surface area contributed by atoms with Gasteiger partial charge < -0.3 is 50.2 Å². The number of carboxylic acids is 2. The number of hydrogen-bond acceptors (Lipinski definition) is 10. The summed E-state index contributed by atoms with van der Waals surface area (Å²) in [5.41, 5.74) is 0.807. The summed E-state index contributed by atoms with van der Waals surface area (Å²) in [6.07, 6.45) is -1.70. The van der Waals surface area contributed by atoms with E-state index < -0.39 is 63.3 Å². The Balaban J connectivity index is 0.000000380. The van der Waals surface area contributed by atoms with Gasteiger partial charge in [0, 0.05) is 0 Å².